The number of rotatable bonds is 6. The molecule has 2 rings (SSSR count). The van der Waals surface area contributed by atoms with E-state index in [1.54, 1.807) is 0 Å². The van der Waals surface area contributed by atoms with E-state index < -0.39 is 0 Å². The second kappa shape index (κ2) is 8.41. The maximum Gasteiger partial charge on any atom is 0.0433 e. The molecule has 0 spiro atoms. The van der Waals surface area contributed by atoms with Crippen LogP contribution in [0, 0.1) is 29.6 Å². The third kappa shape index (κ3) is 4.23. The molecule has 2 aliphatic rings. The zero-order chi connectivity index (χ0) is 14.4. The topological polar surface area (TPSA) is 20.2 Å². The molecule has 0 radical (unpaired) electrons. The average molecular weight is 280 g/mol. The van der Waals surface area contributed by atoms with Gasteiger partial charge in [-0.25, -0.2) is 0 Å². The number of hydrogen-bond donors (Lipinski definition) is 1. The molecule has 1 nitrogen and oxygen atoms in total. The quantitative estimate of drug-likeness (QED) is 0.689. The Kier molecular flexibility index (Phi) is 6.87. The summed E-state index contributed by atoms with van der Waals surface area (Å²) in [7, 11) is 0. The lowest BCUT2D eigenvalue weighted by molar-refractivity contribution is 0.0754. The largest absolute Gasteiger partial charge is 0.396 e. The molecule has 0 aliphatic heterocycles. The Labute approximate surface area is 126 Å². The monoisotopic (exact) mass is 280 g/mol. The lowest BCUT2D eigenvalue weighted by atomic mass is 9.63. The van der Waals surface area contributed by atoms with Gasteiger partial charge in [0.1, 0.15) is 0 Å². The second-order valence-corrected chi connectivity index (χ2v) is 7.59. The van der Waals surface area contributed by atoms with Crippen molar-refractivity contribution in [3.8, 4) is 0 Å². The Morgan fingerprint density at radius 1 is 0.850 bits per heavy atom. The number of hydrogen-bond acceptors (Lipinski definition) is 1. The van der Waals surface area contributed by atoms with Crippen LogP contribution >= 0.6 is 0 Å². The van der Waals surface area contributed by atoms with Gasteiger partial charge in [-0.15, -0.1) is 0 Å². The fourth-order valence-electron chi connectivity index (χ4n) is 5.23. The van der Waals surface area contributed by atoms with Crippen LogP contribution in [0.1, 0.15) is 84.5 Å². The van der Waals surface area contributed by atoms with Gasteiger partial charge >= 0.3 is 0 Å². The van der Waals surface area contributed by atoms with Crippen molar-refractivity contribution < 1.29 is 5.11 Å². The van der Waals surface area contributed by atoms with E-state index >= 15 is 0 Å². The van der Waals surface area contributed by atoms with E-state index in [-0.39, 0.29) is 0 Å². The molecule has 2 saturated carbocycles. The summed E-state index contributed by atoms with van der Waals surface area (Å²) in [5.41, 5.74) is 0. The lowest BCUT2D eigenvalue weighted by Crippen LogP contribution is -2.32. The molecular formula is C19H36O. The molecule has 3 unspecified atom stereocenters. The molecule has 0 bridgehead atoms. The van der Waals surface area contributed by atoms with Crippen molar-refractivity contribution in [1.29, 1.82) is 0 Å². The van der Waals surface area contributed by atoms with Gasteiger partial charge in [0.25, 0.3) is 0 Å². The molecular weight excluding hydrogens is 244 g/mol. The van der Waals surface area contributed by atoms with Crippen molar-refractivity contribution in [2.75, 3.05) is 6.61 Å². The van der Waals surface area contributed by atoms with Crippen LogP contribution < -0.4 is 0 Å². The SMILES string of the molecule is CCCC1CCC(C2CCC(CCO)CC2CC)CC1. The summed E-state index contributed by atoms with van der Waals surface area (Å²) in [6.45, 7) is 5.12. The van der Waals surface area contributed by atoms with Crippen LogP contribution in [0.3, 0.4) is 0 Å². The van der Waals surface area contributed by atoms with Crippen molar-refractivity contribution in [3.05, 3.63) is 0 Å². The van der Waals surface area contributed by atoms with Crippen LogP contribution in [-0.2, 0) is 0 Å². The standard InChI is InChI=1S/C19H36O/c1-3-5-15-6-9-18(10-7-15)19-11-8-16(12-13-20)14-17(19)4-2/h15-20H,3-14H2,1-2H3. The summed E-state index contributed by atoms with van der Waals surface area (Å²) in [5.74, 6) is 4.85. The molecule has 118 valence electrons. The van der Waals surface area contributed by atoms with Crippen molar-refractivity contribution >= 4 is 0 Å². The molecule has 0 aromatic carbocycles. The zero-order valence-electron chi connectivity index (χ0n) is 13.8. The predicted molar refractivity (Wildman–Crippen MR) is 86.7 cm³/mol. The van der Waals surface area contributed by atoms with Crippen LogP contribution in [-0.4, -0.2) is 11.7 Å². The minimum Gasteiger partial charge on any atom is -0.396 e. The highest BCUT2D eigenvalue weighted by Gasteiger charge is 2.35. The molecule has 1 heteroatoms. The molecule has 2 fully saturated rings. The average Bonchev–Trinajstić information content (AvgIpc) is 2.49. The summed E-state index contributed by atoms with van der Waals surface area (Å²) in [4.78, 5) is 0. The molecule has 0 heterocycles. The summed E-state index contributed by atoms with van der Waals surface area (Å²) in [5, 5.41) is 9.17. The number of aliphatic hydroxyl groups is 1. The molecule has 1 N–H and O–H groups in total. The van der Waals surface area contributed by atoms with Crippen LogP contribution in [0.15, 0.2) is 0 Å². The Morgan fingerprint density at radius 3 is 2.15 bits per heavy atom. The summed E-state index contributed by atoms with van der Waals surface area (Å²) in [6.07, 6.45) is 15.5. The van der Waals surface area contributed by atoms with Crippen LogP contribution in [0.5, 0.6) is 0 Å². The Bertz CT molecular complexity index is 254. The number of aliphatic hydroxyl groups excluding tert-OH is 1. The van der Waals surface area contributed by atoms with Crippen molar-refractivity contribution in [2.45, 2.75) is 84.5 Å². The Morgan fingerprint density at radius 2 is 1.55 bits per heavy atom. The fourth-order valence-corrected chi connectivity index (χ4v) is 5.23. The minimum absolute atomic E-state index is 0.397. The highest BCUT2D eigenvalue weighted by Crippen LogP contribution is 2.46. The third-order valence-corrected chi connectivity index (χ3v) is 6.41. The van der Waals surface area contributed by atoms with Gasteiger partial charge in [0.05, 0.1) is 0 Å². The Balaban J connectivity index is 1.83. The maximum absolute atomic E-state index is 9.17. The van der Waals surface area contributed by atoms with E-state index in [0.29, 0.717) is 6.61 Å². The first-order chi connectivity index (χ1) is 9.78. The zero-order valence-corrected chi connectivity index (χ0v) is 13.8. The highest BCUT2D eigenvalue weighted by molar-refractivity contribution is 4.86. The predicted octanol–water partition coefficient (Wildman–Crippen LogP) is 5.42. The fraction of sp³-hybridized carbons (Fsp3) is 1.00. The van der Waals surface area contributed by atoms with Gasteiger partial charge in [-0.3, -0.25) is 0 Å². The molecule has 3 atom stereocenters. The minimum atomic E-state index is 0.397. The van der Waals surface area contributed by atoms with Gasteiger partial charge in [0.15, 0.2) is 0 Å². The van der Waals surface area contributed by atoms with Gasteiger partial charge in [-0.1, -0.05) is 52.4 Å². The van der Waals surface area contributed by atoms with Gasteiger partial charge in [-0.05, 0) is 61.7 Å². The molecule has 0 amide bonds. The van der Waals surface area contributed by atoms with E-state index in [1.807, 2.05) is 0 Å². The molecule has 20 heavy (non-hydrogen) atoms. The highest BCUT2D eigenvalue weighted by atomic mass is 16.3. The van der Waals surface area contributed by atoms with E-state index in [4.69, 9.17) is 0 Å². The molecule has 0 aromatic heterocycles. The van der Waals surface area contributed by atoms with Crippen LogP contribution in [0.4, 0.5) is 0 Å². The summed E-state index contributed by atoms with van der Waals surface area (Å²) >= 11 is 0. The van der Waals surface area contributed by atoms with E-state index in [1.165, 1.54) is 64.2 Å². The molecule has 2 aliphatic carbocycles. The Hall–Kier alpha value is -0.0400. The smallest absolute Gasteiger partial charge is 0.0433 e. The van der Waals surface area contributed by atoms with Gasteiger partial charge in [0, 0.05) is 6.61 Å². The lowest BCUT2D eigenvalue weighted by Gasteiger charge is -2.42. The third-order valence-electron chi connectivity index (χ3n) is 6.41. The summed E-state index contributed by atoms with van der Waals surface area (Å²) in [6, 6.07) is 0. The van der Waals surface area contributed by atoms with Crippen molar-refractivity contribution in [3.63, 3.8) is 0 Å². The van der Waals surface area contributed by atoms with Gasteiger partial charge in [-0.2, -0.15) is 0 Å². The van der Waals surface area contributed by atoms with Crippen molar-refractivity contribution in [1.82, 2.24) is 0 Å². The molecule has 0 aromatic rings. The second-order valence-electron chi connectivity index (χ2n) is 7.59. The first kappa shape index (κ1) is 16.3. The summed E-state index contributed by atoms with van der Waals surface area (Å²) < 4.78 is 0. The normalized spacial score (nSPS) is 38.9. The van der Waals surface area contributed by atoms with E-state index in [2.05, 4.69) is 13.8 Å². The first-order valence-electron chi connectivity index (χ1n) is 9.39. The van der Waals surface area contributed by atoms with Crippen molar-refractivity contribution in [2.24, 2.45) is 29.6 Å². The van der Waals surface area contributed by atoms with Gasteiger partial charge < -0.3 is 5.11 Å². The van der Waals surface area contributed by atoms with Crippen LogP contribution in [0.2, 0.25) is 0 Å². The van der Waals surface area contributed by atoms with E-state index in [0.717, 1.165) is 36.0 Å². The van der Waals surface area contributed by atoms with Crippen LogP contribution in [0.25, 0.3) is 0 Å². The van der Waals surface area contributed by atoms with Gasteiger partial charge in [0.2, 0.25) is 0 Å². The maximum atomic E-state index is 9.17. The molecule has 0 saturated heterocycles. The van der Waals surface area contributed by atoms with E-state index in [9.17, 15) is 5.11 Å². The first-order valence-corrected chi connectivity index (χ1v) is 9.39.